The van der Waals surface area contributed by atoms with E-state index in [2.05, 4.69) is 29.2 Å². The Morgan fingerprint density at radius 2 is 2.00 bits per heavy atom. The highest BCUT2D eigenvalue weighted by atomic mass is 16.3. The Morgan fingerprint density at radius 3 is 2.72 bits per heavy atom. The van der Waals surface area contributed by atoms with Crippen molar-refractivity contribution in [3.05, 3.63) is 65.5 Å². The van der Waals surface area contributed by atoms with Crippen LogP contribution in [0.4, 0.5) is 0 Å². The van der Waals surface area contributed by atoms with Gasteiger partial charge in [-0.3, -0.25) is 4.98 Å². The van der Waals surface area contributed by atoms with Crippen LogP contribution in [0.5, 0.6) is 0 Å². The van der Waals surface area contributed by atoms with Gasteiger partial charge in [0.25, 0.3) is 0 Å². The lowest BCUT2D eigenvalue weighted by atomic mass is 10.0. The van der Waals surface area contributed by atoms with E-state index < -0.39 is 0 Å². The van der Waals surface area contributed by atoms with Crippen molar-refractivity contribution in [1.29, 1.82) is 0 Å². The normalized spacial score (nSPS) is 23.7. The number of pyridine rings is 1. The fraction of sp³-hybridized carbons (Fsp3) is 0.312. The van der Waals surface area contributed by atoms with Crippen molar-refractivity contribution in [2.45, 2.75) is 25.4 Å². The molecule has 1 heterocycles. The van der Waals surface area contributed by atoms with Gasteiger partial charge in [-0.15, -0.1) is 0 Å². The number of hydrogen-bond donors (Lipinski definition) is 1. The van der Waals surface area contributed by atoms with Crippen molar-refractivity contribution in [3.8, 4) is 0 Å². The largest absolute Gasteiger partial charge is 0.388 e. The summed E-state index contributed by atoms with van der Waals surface area (Å²) in [5.74, 6) is 0.845. The van der Waals surface area contributed by atoms with Crippen molar-refractivity contribution in [1.82, 2.24) is 4.98 Å². The van der Waals surface area contributed by atoms with Gasteiger partial charge in [0.05, 0.1) is 6.10 Å². The first-order chi connectivity index (χ1) is 8.75. The quantitative estimate of drug-likeness (QED) is 0.892. The molecule has 0 spiro atoms. The van der Waals surface area contributed by atoms with Crippen molar-refractivity contribution < 1.29 is 5.11 Å². The van der Waals surface area contributed by atoms with Crippen LogP contribution in [0.2, 0.25) is 0 Å². The standard InChI is InChI=1S/C16H17NO/c1-11-7-13(10-17-9-11)16(18)15-8-14(15)12-5-3-2-4-6-12/h2-7,9-10,14-16,18H,8H2,1H3. The summed E-state index contributed by atoms with van der Waals surface area (Å²) in [6.07, 6.45) is 4.28. The van der Waals surface area contributed by atoms with Crippen LogP contribution in [-0.2, 0) is 0 Å². The van der Waals surface area contributed by atoms with Gasteiger partial charge >= 0.3 is 0 Å². The molecule has 1 N–H and O–H groups in total. The summed E-state index contributed by atoms with van der Waals surface area (Å²) >= 11 is 0. The predicted molar refractivity (Wildman–Crippen MR) is 71.2 cm³/mol. The highest BCUT2D eigenvalue weighted by Crippen LogP contribution is 2.53. The number of aryl methyl sites for hydroxylation is 1. The summed E-state index contributed by atoms with van der Waals surface area (Å²) < 4.78 is 0. The summed E-state index contributed by atoms with van der Waals surface area (Å²) in [6.45, 7) is 2.00. The topological polar surface area (TPSA) is 33.1 Å². The Labute approximate surface area is 107 Å². The Bertz CT molecular complexity index is 538. The Balaban J connectivity index is 1.75. The second-order valence-electron chi connectivity index (χ2n) is 5.16. The molecule has 0 bridgehead atoms. The van der Waals surface area contributed by atoms with Crippen LogP contribution in [0.1, 0.15) is 35.1 Å². The summed E-state index contributed by atoms with van der Waals surface area (Å²) in [4.78, 5) is 4.15. The number of benzene rings is 1. The SMILES string of the molecule is Cc1cncc(C(O)C2CC2c2ccccc2)c1. The number of nitrogens with zero attached hydrogens (tertiary/aromatic N) is 1. The maximum absolute atomic E-state index is 10.4. The maximum Gasteiger partial charge on any atom is 0.0839 e. The molecule has 1 fully saturated rings. The molecule has 1 aliphatic carbocycles. The van der Waals surface area contributed by atoms with Gasteiger partial charge in [-0.05, 0) is 41.9 Å². The Hall–Kier alpha value is -1.67. The molecule has 1 aromatic heterocycles. The third kappa shape index (κ3) is 2.16. The van der Waals surface area contributed by atoms with E-state index >= 15 is 0 Å². The Morgan fingerprint density at radius 1 is 1.22 bits per heavy atom. The molecule has 2 aromatic rings. The molecule has 1 aromatic carbocycles. The Kier molecular flexibility index (Phi) is 2.88. The third-order valence-electron chi connectivity index (χ3n) is 3.71. The molecule has 92 valence electrons. The van der Waals surface area contributed by atoms with Crippen molar-refractivity contribution >= 4 is 0 Å². The zero-order chi connectivity index (χ0) is 12.5. The zero-order valence-corrected chi connectivity index (χ0v) is 10.5. The number of hydrogen-bond acceptors (Lipinski definition) is 2. The van der Waals surface area contributed by atoms with Gasteiger partial charge in [-0.25, -0.2) is 0 Å². The van der Waals surface area contributed by atoms with Gasteiger partial charge < -0.3 is 5.11 Å². The van der Waals surface area contributed by atoms with Gasteiger partial charge in [0.1, 0.15) is 0 Å². The van der Waals surface area contributed by atoms with Crippen LogP contribution < -0.4 is 0 Å². The van der Waals surface area contributed by atoms with Crippen LogP contribution in [0, 0.1) is 12.8 Å². The lowest BCUT2D eigenvalue weighted by Gasteiger charge is -2.11. The molecule has 3 rings (SSSR count). The summed E-state index contributed by atoms with van der Waals surface area (Å²) in [5, 5.41) is 10.4. The summed E-state index contributed by atoms with van der Waals surface area (Å²) in [5.41, 5.74) is 3.38. The second kappa shape index (κ2) is 4.54. The zero-order valence-electron chi connectivity index (χ0n) is 10.5. The van der Waals surface area contributed by atoms with Crippen LogP contribution in [0.15, 0.2) is 48.8 Å². The van der Waals surface area contributed by atoms with Gasteiger partial charge in [0.15, 0.2) is 0 Å². The van der Waals surface area contributed by atoms with Gasteiger partial charge in [0, 0.05) is 12.4 Å². The van der Waals surface area contributed by atoms with E-state index in [-0.39, 0.29) is 6.10 Å². The van der Waals surface area contributed by atoms with Gasteiger partial charge in [0.2, 0.25) is 0 Å². The van der Waals surface area contributed by atoms with Crippen LogP contribution >= 0.6 is 0 Å². The molecule has 1 saturated carbocycles. The van der Waals surface area contributed by atoms with Gasteiger partial charge in [-0.2, -0.15) is 0 Å². The molecule has 0 amide bonds. The molecular formula is C16H17NO. The highest BCUT2D eigenvalue weighted by Gasteiger charge is 2.43. The van der Waals surface area contributed by atoms with E-state index in [9.17, 15) is 5.11 Å². The number of rotatable bonds is 3. The average Bonchev–Trinajstić information content (AvgIpc) is 3.19. The smallest absolute Gasteiger partial charge is 0.0839 e. The molecule has 2 heteroatoms. The number of aromatic nitrogens is 1. The molecule has 0 radical (unpaired) electrons. The molecule has 0 aliphatic heterocycles. The van der Waals surface area contributed by atoms with E-state index in [1.807, 2.05) is 25.3 Å². The maximum atomic E-state index is 10.4. The minimum Gasteiger partial charge on any atom is -0.388 e. The summed E-state index contributed by atoms with van der Waals surface area (Å²) in [7, 11) is 0. The van der Waals surface area contributed by atoms with E-state index in [0.717, 1.165) is 17.5 Å². The monoisotopic (exact) mass is 239 g/mol. The van der Waals surface area contributed by atoms with Crippen molar-refractivity contribution in [2.24, 2.45) is 5.92 Å². The highest BCUT2D eigenvalue weighted by molar-refractivity contribution is 5.29. The molecule has 18 heavy (non-hydrogen) atoms. The van der Waals surface area contributed by atoms with Crippen molar-refractivity contribution in [2.75, 3.05) is 0 Å². The first kappa shape index (κ1) is 11.4. The predicted octanol–water partition coefficient (Wildman–Crippen LogP) is 3.23. The molecule has 0 saturated heterocycles. The fourth-order valence-electron chi connectivity index (χ4n) is 2.63. The fourth-order valence-corrected chi connectivity index (χ4v) is 2.63. The number of aliphatic hydroxyl groups excluding tert-OH is 1. The molecule has 3 unspecified atom stereocenters. The molecule has 3 atom stereocenters. The minimum absolute atomic E-state index is 0.344. The second-order valence-corrected chi connectivity index (χ2v) is 5.16. The molecular weight excluding hydrogens is 222 g/mol. The van der Waals surface area contributed by atoms with Crippen LogP contribution in [0.3, 0.4) is 0 Å². The molecule has 2 nitrogen and oxygen atoms in total. The lowest BCUT2D eigenvalue weighted by molar-refractivity contribution is 0.151. The van der Waals surface area contributed by atoms with Crippen LogP contribution in [-0.4, -0.2) is 10.1 Å². The first-order valence-electron chi connectivity index (χ1n) is 6.40. The van der Waals surface area contributed by atoms with Gasteiger partial charge in [-0.1, -0.05) is 36.4 Å². The summed E-state index contributed by atoms with van der Waals surface area (Å²) in [6, 6.07) is 12.5. The average molecular weight is 239 g/mol. The molecule has 1 aliphatic rings. The first-order valence-corrected chi connectivity index (χ1v) is 6.40. The number of aliphatic hydroxyl groups is 1. The van der Waals surface area contributed by atoms with E-state index in [0.29, 0.717) is 11.8 Å². The minimum atomic E-state index is -0.386. The van der Waals surface area contributed by atoms with E-state index in [1.54, 1.807) is 6.20 Å². The van der Waals surface area contributed by atoms with E-state index in [1.165, 1.54) is 5.56 Å². The third-order valence-corrected chi connectivity index (χ3v) is 3.71. The van der Waals surface area contributed by atoms with Crippen molar-refractivity contribution in [3.63, 3.8) is 0 Å². The van der Waals surface area contributed by atoms with E-state index in [4.69, 9.17) is 0 Å². The van der Waals surface area contributed by atoms with Crippen LogP contribution in [0.25, 0.3) is 0 Å². The lowest BCUT2D eigenvalue weighted by Crippen LogP contribution is -2.02.